The average molecular weight is 432 g/mol. The summed E-state index contributed by atoms with van der Waals surface area (Å²) >= 11 is 0. The Hall–Kier alpha value is -3.48. The maximum atomic E-state index is 13.4. The van der Waals surface area contributed by atoms with Crippen LogP contribution >= 0.6 is 0 Å². The van der Waals surface area contributed by atoms with Crippen LogP contribution in [0.4, 0.5) is 0 Å². The first kappa shape index (κ1) is 21.7. The minimum Gasteiger partial charge on any atom is -0.356 e. The summed E-state index contributed by atoms with van der Waals surface area (Å²) in [7, 11) is 1.76. The molecule has 3 aromatic rings. The van der Waals surface area contributed by atoms with Crippen molar-refractivity contribution in [2.24, 2.45) is 12.5 Å². The minimum atomic E-state index is -0.689. The van der Waals surface area contributed by atoms with E-state index in [4.69, 9.17) is 0 Å². The number of rotatable bonds is 6. The summed E-state index contributed by atoms with van der Waals surface area (Å²) in [5.74, 6) is -0.0761. The van der Waals surface area contributed by atoms with Crippen LogP contribution in [-0.4, -0.2) is 51.1 Å². The summed E-state index contributed by atoms with van der Waals surface area (Å²) in [6.45, 7) is 3.50. The van der Waals surface area contributed by atoms with Gasteiger partial charge in [-0.2, -0.15) is 5.10 Å². The molecule has 0 aliphatic carbocycles. The van der Waals surface area contributed by atoms with Gasteiger partial charge in [0.25, 0.3) is 5.91 Å². The molecule has 1 atom stereocenters. The lowest BCUT2D eigenvalue weighted by Gasteiger charge is -2.42. The number of benzene rings is 1. The third kappa shape index (κ3) is 4.28. The van der Waals surface area contributed by atoms with Crippen LogP contribution in [0.25, 0.3) is 11.1 Å². The van der Waals surface area contributed by atoms with E-state index in [2.05, 4.69) is 27.5 Å². The van der Waals surface area contributed by atoms with Gasteiger partial charge in [0.05, 0.1) is 5.41 Å². The lowest BCUT2D eigenvalue weighted by Crippen LogP contribution is -2.54. The Morgan fingerprint density at radius 3 is 2.59 bits per heavy atom. The van der Waals surface area contributed by atoms with Gasteiger partial charge in [-0.15, -0.1) is 0 Å². The van der Waals surface area contributed by atoms with Crippen molar-refractivity contribution in [3.8, 4) is 11.1 Å². The van der Waals surface area contributed by atoms with Crippen molar-refractivity contribution in [1.29, 1.82) is 0 Å². The highest BCUT2D eigenvalue weighted by Gasteiger charge is 2.44. The zero-order valence-corrected chi connectivity index (χ0v) is 18.6. The number of amides is 2. The maximum absolute atomic E-state index is 13.4. The van der Waals surface area contributed by atoms with E-state index < -0.39 is 5.41 Å². The molecule has 7 heteroatoms. The van der Waals surface area contributed by atoms with Crippen LogP contribution in [-0.2, 0) is 18.3 Å². The van der Waals surface area contributed by atoms with E-state index in [-0.39, 0.29) is 11.8 Å². The number of likely N-dealkylation sites (tertiary alicyclic amines) is 1. The molecule has 4 rings (SSSR count). The second kappa shape index (κ2) is 9.34. The first-order chi connectivity index (χ1) is 15.5. The highest BCUT2D eigenvalue weighted by Crippen LogP contribution is 2.37. The maximum Gasteiger partial charge on any atom is 0.272 e. The normalized spacial score (nSPS) is 18.4. The second-order valence-corrected chi connectivity index (χ2v) is 8.38. The highest BCUT2D eigenvalue weighted by molar-refractivity contribution is 5.93. The van der Waals surface area contributed by atoms with E-state index in [0.29, 0.717) is 31.7 Å². The van der Waals surface area contributed by atoms with Crippen LogP contribution in [0, 0.1) is 5.41 Å². The van der Waals surface area contributed by atoms with E-state index in [9.17, 15) is 9.59 Å². The van der Waals surface area contributed by atoms with Crippen LogP contribution < -0.4 is 5.32 Å². The third-order valence-corrected chi connectivity index (χ3v) is 6.26. The van der Waals surface area contributed by atoms with Crippen LogP contribution in [0.5, 0.6) is 0 Å². The molecular formula is C25H29N5O2. The fourth-order valence-corrected chi connectivity index (χ4v) is 4.66. The Bertz CT molecular complexity index is 1090. The van der Waals surface area contributed by atoms with E-state index in [0.717, 1.165) is 29.5 Å². The van der Waals surface area contributed by atoms with E-state index in [1.54, 1.807) is 36.4 Å². The molecule has 7 nitrogen and oxygen atoms in total. The zero-order chi connectivity index (χ0) is 22.6. The van der Waals surface area contributed by atoms with E-state index in [1.165, 1.54) is 0 Å². The summed E-state index contributed by atoms with van der Waals surface area (Å²) in [5, 5.41) is 7.17. The van der Waals surface area contributed by atoms with Crippen molar-refractivity contribution >= 4 is 11.8 Å². The number of hydrogen-bond acceptors (Lipinski definition) is 4. The molecule has 1 fully saturated rings. The quantitative estimate of drug-likeness (QED) is 0.650. The van der Waals surface area contributed by atoms with Gasteiger partial charge in [-0.25, -0.2) is 0 Å². The number of nitrogens with one attached hydrogen (secondary N) is 1. The lowest BCUT2D eigenvalue weighted by molar-refractivity contribution is -0.133. The number of carbonyl (C=O) groups is 2. The average Bonchev–Trinajstić information content (AvgIpc) is 3.25. The molecule has 3 heterocycles. The molecular weight excluding hydrogens is 402 g/mol. The smallest absolute Gasteiger partial charge is 0.272 e. The van der Waals surface area contributed by atoms with Gasteiger partial charge in [0.15, 0.2) is 0 Å². The van der Waals surface area contributed by atoms with Crippen LogP contribution in [0.3, 0.4) is 0 Å². The van der Waals surface area contributed by atoms with E-state index >= 15 is 0 Å². The number of hydrogen-bond donors (Lipinski definition) is 1. The molecule has 166 valence electrons. The summed E-state index contributed by atoms with van der Waals surface area (Å²) < 4.78 is 1.59. The Balaban J connectivity index is 1.69. The van der Waals surface area contributed by atoms with Crippen LogP contribution in [0.15, 0.2) is 61.1 Å². The van der Waals surface area contributed by atoms with Gasteiger partial charge in [-0.05, 0) is 61.1 Å². The number of piperidine rings is 1. The fourth-order valence-electron chi connectivity index (χ4n) is 4.66. The van der Waals surface area contributed by atoms with Crippen molar-refractivity contribution in [3.05, 3.63) is 72.3 Å². The number of pyridine rings is 1. The molecule has 1 N–H and O–H groups in total. The molecule has 0 unspecified atom stereocenters. The Morgan fingerprint density at radius 2 is 1.88 bits per heavy atom. The molecule has 32 heavy (non-hydrogen) atoms. The standard InChI is InChI=1S/C25H29N5O2/c1-3-27-24(32)25(12-6-16-30(18-25)23(31)22-11-15-28-29(22)2)17-20-7-4-5-8-21(20)19-9-13-26-14-10-19/h4-5,7-11,13-15H,3,6,12,16-18H2,1-2H3,(H,27,32)/t25-/m1/s1. The van der Waals surface area contributed by atoms with Gasteiger partial charge in [-0.1, -0.05) is 24.3 Å². The Labute approximate surface area is 188 Å². The topological polar surface area (TPSA) is 80.1 Å². The molecule has 1 aliphatic rings. The molecule has 0 bridgehead atoms. The van der Waals surface area contributed by atoms with Crippen LogP contribution in [0.1, 0.15) is 35.8 Å². The van der Waals surface area contributed by atoms with Crippen molar-refractivity contribution < 1.29 is 9.59 Å². The predicted octanol–water partition coefficient (Wildman–Crippen LogP) is 3.08. The highest BCUT2D eigenvalue weighted by atomic mass is 16.2. The molecule has 1 saturated heterocycles. The minimum absolute atomic E-state index is 0.00652. The SMILES string of the molecule is CCNC(=O)[C@@]1(Cc2ccccc2-c2ccncc2)CCCN(C(=O)c2ccnn2C)C1. The Kier molecular flexibility index (Phi) is 6.35. The number of nitrogens with zero attached hydrogens (tertiary/aromatic N) is 4. The van der Waals surface area contributed by atoms with Gasteiger partial charge in [0.1, 0.15) is 5.69 Å². The second-order valence-electron chi connectivity index (χ2n) is 8.38. The zero-order valence-electron chi connectivity index (χ0n) is 18.6. The lowest BCUT2D eigenvalue weighted by atomic mass is 9.73. The van der Waals surface area contributed by atoms with Gasteiger partial charge < -0.3 is 10.2 Å². The number of aromatic nitrogens is 3. The first-order valence-electron chi connectivity index (χ1n) is 11.1. The fraction of sp³-hybridized carbons (Fsp3) is 0.360. The van der Waals surface area contributed by atoms with Crippen LogP contribution in [0.2, 0.25) is 0 Å². The van der Waals surface area contributed by atoms with Crippen molar-refractivity contribution in [2.45, 2.75) is 26.2 Å². The first-order valence-corrected chi connectivity index (χ1v) is 11.1. The summed E-state index contributed by atoms with van der Waals surface area (Å²) in [6.07, 6.45) is 7.25. The predicted molar refractivity (Wildman–Crippen MR) is 123 cm³/mol. The molecule has 0 radical (unpaired) electrons. The molecule has 0 spiro atoms. The van der Waals surface area contributed by atoms with Gasteiger partial charge in [-0.3, -0.25) is 19.3 Å². The largest absolute Gasteiger partial charge is 0.356 e. The number of carbonyl (C=O) groups excluding carboxylic acids is 2. The summed E-state index contributed by atoms with van der Waals surface area (Å²) in [6, 6.07) is 13.9. The monoisotopic (exact) mass is 431 g/mol. The summed E-state index contributed by atoms with van der Waals surface area (Å²) in [4.78, 5) is 32.6. The molecule has 2 amide bonds. The molecule has 1 aliphatic heterocycles. The van der Waals surface area contributed by atoms with Crippen molar-refractivity contribution in [3.63, 3.8) is 0 Å². The molecule has 1 aromatic carbocycles. The molecule has 0 saturated carbocycles. The van der Waals surface area contributed by atoms with Crippen molar-refractivity contribution in [2.75, 3.05) is 19.6 Å². The Morgan fingerprint density at radius 1 is 1.09 bits per heavy atom. The van der Waals surface area contributed by atoms with Crippen molar-refractivity contribution in [1.82, 2.24) is 25.0 Å². The number of aryl methyl sites for hydroxylation is 1. The summed E-state index contributed by atoms with van der Waals surface area (Å²) in [5.41, 5.74) is 3.11. The van der Waals surface area contributed by atoms with Gasteiger partial charge in [0.2, 0.25) is 5.91 Å². The molecule has 2 aromatic heterocycles. The van der Waals surface area contributed by atoms with E-state index in [1.807, 2.05) is 36.1 Å². The van der Waals surface area contributed by atoms with Gasteiger partial charge in [0, 0.05) is 45.3 Å². The third-order valence-electron chi connectivity index (χ3n) is 6.26. The van der Waals surface area contributed by atoms with Gasteiger partial charge >= 0.3 is 0 Å².